The molecule has 0 aromatic carbocycles. The molecule has 3 heteroatoms. The van der Waals surface area contributed by atoms with Crippen molar-refractivity contribution in [3.05, 3.63) is 0 Å². The number of nitrogens with zero attached hydrogens (tertiary/aromatic N) is 1. The summed E-state index contributed by atoms with van der Waals surface area (Å²) in [4.78, 5) is 4.45. The summed E-state index contributed by atoms with van der Waals surface area (Å²) in [7, 11) is 0. The Morgan fingerprint density at radius 2 is 1.79 bits per heavy atom. The Balaban J connectivity index is 1.76. The molecule has 1 fully saturated rings. The van der Waals surface area contributed by atoms with Gasteiger partial charge in [0.25, 0.3) is 0 Å². The second-order valence-corrected chi connectivity index (χ2v) is 5.31. The predicted molar refractivity (Wildman–Crippen MR) is 64.0 cm³/mol. The van der Waals surface area contributed by atoms with Gasteiger partial charge in [-0.05, 0) is 12.8 Å². The monoisotopic (exact) mass is 212 g/mol. The van der Waals surface area contributed by atoms with Gasteiger partial charge in [-0.15, -0.1) is 0 Å². The predicted octanol–water partition coefficient (Wildman–Crippen LogP) is 2.79. The van der Waals surface area contributed by atoms with Gasteiger partial charge in [-0.1, -0.05) is 43.9 Å². The summed E-state index contributed by atoms with van der Waals surface area (Å²) >= 11 is 1.89. The van der Waals surface area contributed by atoms with Crippen molar-refractivity contribution < 1.29 is 0 Å². The van der Waals surface area contributed by atoms with E-state index in [0.717, 1.165) is 6.54 Å². The first-order valence-corrected chi connectivity index (χ1v) is 6.87. The molecule has 2 nitrogen and oxygen atoms in total. The van der Waals surface area contributed by atoms with Crippen molar-refractivity contribution in [2.45, 2.75) is 51.0 Å². The van der Waals surface area contributed by atoms with E-state index in [-0.39, 0.29) is 0 Å². The number of hydrogen-bond acceptors (Lipinski definition) is 3. The fraction of sp³-hybridized carbons (Fsp3) is 0.909. The molecule has 1 heterocycles. The maximum Gasteiger partial charge on any atom is 0.156 e. The third-order valence-electron chi connectivity index (χ3n) is 3.02. The second-order valence-electron chi connectivity index (χ2n) is 4.22. The molecule has 80 valence electrons. The van der Waals surface area contributed by atoms with Gasteiger partial charge in [0.1, 0.15) is 0 Å². The van der Waals surface area contributed by atoms with Crippen LogP contribution in [0.5, 0.6) is 0 Å². The molecule has 1 aliphatic carbocycles. The highest BCUT2D eigenvalue weighted by molar-refractivity contribution is 8.14. The Labute approximate surface area is 90.9 Å². The molecule has 0 amide bonds. The zero-order valence-electron chi connectivity index (χ0n) is 8.80. The van der Waals surface area contributed by atoms with Crippen LogP contribution in [0, 0.1) is 0 Å². The molecule has 2 rings (SSSR count). The topological polar surface area (TPSA) is 24.4 Å². The first-order chi connectivity index (χ1) is 6.95. The first-order valence-electron chi connectivity index (χ1n) is 5.89. The van der Waals surface area contributed by atoms with Crippen molar-refractivity contribution in [2.24, 2.45) is 4.99 Å². The van der Waals surface area contributed by atoms with Gasteiger partial charge in [0.05, 0.1) is 6.54 Å². The Hall–Kier alpha value is -0.180. The number of amidine groups is 1. The quantitative estimate of drug-likeness (QED) is 0.723. The molecule has 0 atom stereocenters. The van der Waals surface area contributed by atoms with Gasteiger partial charge in [0.2, 0.25) is 0 Å². The average Bonchev–Trinajstić information content (AvgIpc) is 2.62. The molecule has 0 radical (unpaired) electrons. The van der Waals surface area contributed by atoms with E-state index in [0.29, 0.717) is 6.04 Å². The summed E-state index contributed by atoms with van der Waals surface area (Å²) in [5.74, 6) is 1.18. The third kappa shape index (κ3) is 3.19. The third-order valence-corrected chi connectivity index (χ3v) is 3.93. The van der Waals surface area contributed by atoms with Crippen LogP contribution in [-0.4, -0.2) is 23.5 Å². The Morgan fingerprint density at radius 1 is 1.07 bits per heavy atom. The molecule has 0 bridgehead atoms. The summed E-state index contributed by atoms with van der Waals surface area (Å²) in [5.41, 5.74) is 0. The van der Waals surface area contributed by atoms with Gasteiger partial charge < -0.3 is 5.32 Å². The molecule has 1 saturated carbocycles. The molecule has 0 spiro atoms. The van der Waals surface area contributed by atoms with Crippen LogP contribution in [0.3, 0.4) is 0 Å². The largest absolute Gasteiger partial charge is 0.362 e. The number of nitrogens with one attached hydrogen (secondary N) is 1. The normalized spacial score (nSPS) is 25.3. The lowest BCUT2D eigenvalue weighted by Crippen LogP contribution is -2.32. The summed E-state index contributed by atoms with van der Waals surface area (Å²) in [6.45, 7) is 1.01. The van der Waals surface area contributed by atoms with Crippen LogP contribution in [0.25, 0.3) is 0 Å². The maximum absolute atomic E-state index is 4.45. The fourth-order valence-electron chi connectivity index (χ4n) is 2.20. The van der Waals surface area contributed by atoms with E-state index < -0.39 is 0 Å². The van der Waals surface area contributed by atoms with E-state index in [1.807, 2.05) is 11.8 Å². The molecular formula is C11H20N2S. The Kier molecular flexibility index (Phi) is 4.17. The summed E-state index contributed by atoms with van der Waals surface area (Å²) < 4.78 is 0. The van der Waals surface area contributed by atoms with Crippen molar-refractivity contribution >= 4 is 16.9 Å². The first kappa shape index (κ1) is 10.3. The van der Waals surface area contributed by atoms with E-state index in [2.05, 4.69) is 10.3 Å². The molecular weight excluding hydrogens is 192 g/mol. The van der Waals surface area contributed by atoms with Gasteiger partial charge >= 0.3 is 0 Å². The molecule has 0 unspecified atom stereocenters. The van der Waals surface area contributed by atoms with Crippen LogP contribution in [0.15, 0.2) is 4.99 Å². The molecule has 0 aromatic heterocycles. The zero-order chi connectivity index (χ0) is 9.64. The Bertz CT molecular complexity index is 195. The maximum atomic E-state index is 4.45. The highest BCUT2D eigenvalue weighted by Gasteiger charge is 2.14. The van der Waals surface area contributed by atoms with E-state index in [4.69, 9.17) is 0 Å². The summed E-state index contributed by atoms with van der Waals surface area (Å²) in [6, 6.07) is 0.708. The van der Waals surface area contributed by atoms with Crippen LogP contribution < -0.4 is 5.32 Å². The van der Waals surface area contributed by atoms with Crippen LogP contribution in [-0.2, 0) is 0 Å². The Morgan fingerprint density at radius 3 is 2.43 bits per heavy atom. The van der Waals surface area contributed by atoms with E-state index in [9.17, 15) is 0 Å². The highest BCUT2D eigenvalue weighted by atomic mass is 32.2. The number of thioether (sulfide) groups is 1. The number of rotatable bonds is 1. The van der Waals surface area contributed by atoms with Gasteiger partial charge in [-0.25, -0.2) is 0 Å². The fourth-order valence-corrected chi connectivity index (χ4v) is 3.01. The standard InChI is InChI=1S/C11H20N2S/c1-2-4-6-10(7-5-3-1)13-11-12-8-9-14-11/h10H,1-9H2,(H,12,13). The molecule has 1 N–H and O–H groups in total. The van der Waals surface area contributed by atoms with Crippen LogP contribution in [0.1, 0.15) is 44.9 Å². The average molecular weight is 212 g/mol. The van der Waals surface area contributed by atoms with Gasteiger partial charge in [0.15, 0.2) is 5.17 Å². The van der Waals surface area contributed by atoms with Crippen molar-refractivity contribution in [1.29, 1.82) is 0 Å². The SMILES string of the molecule is C1CCCC(NC2=NCCS2)CCC1. The minimum atomic E-state index is 0.708. The summed E-state index contributed by atoms with van der Waals surface area (Å²) in [5, 5.41) is 4.80. The number of aliphatic imine (C=N–C) groups is 1. The lowest BCUT2D eigenvalue weighted by molar-refractivity contribution is 0.430. The smallest absolute Gasteiger partial charge is 0.156 e. The van der Waals surface area contributed by atoms with Gasteiger partial charge in [-0.3, -0.25) is 4.99 Å². The van der Waals surface area contributed by atoms with Crippen LogP contribution in [0.4, 0.5) is 0 Å². The molecule has 2 aliphatic rings. The lowest BCUT2D eigenvalue weighted by atomic mass is 9.97. The molecule has 14 heavy (non-hydrogen) atoms. The van der Waals surface area contributed by atoms with Crippen LogP contribution in [0.2, 0.25) is 0 Å². The molecule has 0 saturated heterocycles. The summed E-state index contributed by atoms with van der Waals surface area (Å²) in [6.07, 6.45) is 9.79. The van der Waals surface area contributed by atoms with E-state index in [1.54, 1.807) is 0 Å². The van der Waals surface area contributed by atoms with E-state index >= 15 is 0 Å². The lowest BCUT2D eigenvalue weighted by Gasteiger charge is -2.21. The van der Waals surface area contributed by atoms with Crippen molar-refractivity contribution in [3.63, 3.8) is 0 Å². The minimum absolute atomic E-state index is 0.708. The number of hydrogen-bond donors (Lipinski definition) is 1. The molecule has 0 aromatic rings. The van der Waals surface area contributed by atoms with Crippen molar-refractivity contribution in [3.8, 4) is 0 Å². The minimum Gasteiger partial charge on any atom is -0.362 e. The second kappa shape index (κ2) is 5.64. The van der Waals surface area contributed by atoms with E-state index in [1.165, 1.54) is 55.9 Å². The van der Waals surface area contributed by atoms with Crippen LogP contribution >= 0.6 is 11.8 Å². The molecule has 1 aliphatic heterocycles. The highest BCUT2D eigenvalue weighted by Crippen LogP contribution is 2.19. The van der Waals surface area contributed by atoms with Gasteiger partial charge in [0, 0.05) is 11.8 Å². The zero-order valence-corrected chi connectivity index (χ0v) is 9.61. The van der Waals surface area contributed by atoms with Gasteiger partial charge in [-0.2, -0.15) is 0 Å². The van der Waals surface area contributed by atoms with Crippen molar-refractivity contribution in [1.82, 2.24) is 5.32 Å². The van der Waals surface area contributed by atoms with Crippen molar-refractivity contribution in [2.75, 3.05) is 12.3 Å².